The monoisotopic (exact) mass is 399 g/mol. The van der Waals surface area contributed by atoms with Gasteiger partial charge in [0, 0.05) is 5.69 Å². The summed E-state index contributed by atoms with van der Waals surface area (Å²) in [5.74, 6) is 0.564. The molecule has 0 unspecified atom stereocenters. The standard InChI is InChI=1S/C23H29NO5/c1-5-16(3)20-9-7-8-10-21(20)24-23(26)17(4)29-22(25)15-28-19-13-11-18(12-14-19)27-6-2/h7-14,16-17H,5-6,15H2,1-4H3,(H,24,26)/t16-,17+/m0/s1. The molecule has 29 heavy (non-hydrogen) atoms. The van der Waals surface area contributed by atoms with Crippen LogP contribution >= 0.6 is 0 Å². The third-order valence-corrected chi connectivity index (χ3v) is 4.53. The molecule has 1 amide bonds. The Morgan fingerprint density at radius 2 is 1.55 bits per heavy atom. The number of hydrogen-bond donors (Lipinski definition) is 1. The largest absolute Gasteiger partial charge is 0.494 e. The van der Waals surface area contributed by atoms with Crippen molar-refractivity contribution in [1.29, 1.82) is 0 Å². The fourth-order valence-corrected chi connectivity index (χ4v) is 2.72. The first-order chi connectivity index (χ1) is 13.9. The van der Waals surface area contributed by atoms with Gasteiger partial charge in [0.05, 0.1) is 6.61 Å². The van der Waals surface area contributed by atoms with E-state index in [0.29, 0.717) is 18.3 Å². The number of esters is 1. The average molecular weight is 399 g/mol. The van der Waals surface area contributed by atoms with Crippen LogP contribution in [-0.2, 0) is 14.3 Å². The van der Waals surface area contributed by atoms with Crippen molar-refractivity contribution in [3.63, 3.8) is 0 Å². The topological polar surface area (TPSA) is 73.9 Å². The van der Waals surface area contributed by atoms with E-state index in [9.17, 15) is 9.59 Å². The van der Waals surface area contributed by atoms with Gasteiger partial charge in [-0.3, -0.25) is 4.79 Å². The van der Waals surface area contributed by atoms with Crippen molar-refractivity contribution < 1.29 is 23.8 Å². The predicted molar refractivity (Wildman–Crippen MR) is 112 cm³/mol. The van der Waals surface area contributed by atoms with Crippen LogP contribution in [0.5, 0.6) is 11.5 Å². The number of nitrogens with one attached hydrogen (secondary N) is 1. The first-order valence-corrected chi connectivity index (χ1v) is 9.89. The highest BCUT2D eigenvalue weighted by molar-refractivity contribution is 5.95. The van der Waals surface area contributed by atoms with Gasteiger partial charge in [-0.1, -0.05) is 32.0 Å². The molecule has 2 aromatic rings. The van der Waals surface area contributed by atoms with Gasteiger partial charge in [0.25, 0.3) is 5.91 Å². The molecule has 0 aliphatic carbocycles. The zero-order chi connectivity index (χ0) is 21.2. The molecule has 6 nitrogen and oxygen atoms in total. The Balaban J connectivity index is 1.85. The van der Waals surface area contributed by atoms with E-state index in [2.05, 4.69) is 19.2 Å². The van der Waals surface area contributed by atoms with Gasteiger partial charge in [-0.25, -0.2) is 4.79 Å². The van der Waals surface area contributed by atoms with Gasteiger partial charge < -0.3 is 19.5 Å². The zero-order valence-electron chi connectivity index (χ0n) is 17.4. The van der Waals surface area contributed by atoms with Crippen LogP contribution < -0.4 is 14.8 Å². The summed E-state index contributed by atoms with van der Waals surface area (Å²) in [4.78, 5) is 24.5. The van der Waals surface area contributed by atoms with Gasteiger partial charge in [-0.05, 0) is 62.1 Å². The zero-order valence-corrected chi connectivity index (χ0v) is 17.4. The van der Waals surface area contributed by atoms with Gasteiger partial charge >= 0.3 is 5.97 Å². The lowest BCUT2D eigenvalue weighted by Crippen LogP contribution is -2.32. The van der Waals surface area contributed by atoms with Crippen LogP contribution in [0.15, 0.2) is 48.5 Å². The minimum atomic E-state index is -0.934. The molecule has 0 saturated carbocycles. The van der Waals surface area contributed by atoms with Crippen LogP contribution in [0.4, 0.5) is 5.69 Å². The number of benzene rings is 2. The van der Waals surface area contributed by atoms with Crippen LogP contribution in [-0.4, -0.2) is 31.2 Å². The molecule has 2 atom stereocenters. The summed E-state index contributed by atoms with van der Waals surface area (Å²) >= 11 is 0. The second-order valence-corrected chi connectivity index (χ2v) is 6.71. The number of carbonyl (C=O) groups excluding carboxylic acids is 2. The Hall–Kier alpha value is -3.02. The lowest BCUT2D eigenvalue weighted by molar-refractivity contribution is -0.155. The third-order valence-electron chi connectivity index (χ3n) is 4.53. The minimum absolute atomic E-state index is 0.283. The maximum atomic E-state index is 12.4. The van der Waals surface area contributed by atoms with Crippen LogP contribution in [0.1, 0.15) is 45.6 Å². The number of hydrogen-bond acceptors (Lipinski definition) is 5. The maximum absolute atomic E-state index is 12.4. The molecule has 6 heteroatoms. The molecule has 0 heterocycles. The summed E-state index contributed by atoms with van der Waals surface area (Å²) in [6, 6.07) is 14.6. The Morgan fingerprint density at radius 3 is 2.17 bits per heavy atom. The molecule has 0 aromatic heterocycles. The number of amides is 1. The smallest absolute Gasteiger partial charge is 0.344 e. The Bertz CT molecular complexity index is 803. The summed E-state index contributed by atoms with van der Waals surface area (Å²) in [6.45, 7) is 7.94. The molecule has 0 radical (unpaired) electrons. The van der Waals surface area contributed by atoms with E-state index in [1.807, 2.05) is 31.2 Å². The van der Waals surface area contributed by atoms with E-state index >= 15 is 0 Å². The molecule has 0 fully saturated rings. The molecule has 0 saturated heterocycles. The van der Waals surface area contributed by atoms with E-state index in [0.717, 1.165) is 23.4 Å². The molecule has 2 aromatic carbocycles. The SMILES string of the molecule is CCOc1ccc(OCC(=O)O[C@H](C)C(=O)Nc2ccccc2[C@@H](C)CC)cc1. The van der Waals surface area contributed by atoms with Crippen molar-refractivity contribution in [3.05, 3.63) is 54.1 Å². The van der Waals surface area contributed by atoms with E-state index in [4.69, 9.17) is 14.2 Å². The molecular weight excluding hydrogens is 370 g/mol. The lowest BCUT2D eigenvalue weighted by atomic mass is 9.97. The second-order valence-electron chi connectivity index (χ2n) is 6.71. The Kier molecular flexibility index (Phi) is 8.52. The van der Waals surface area contributed by atoms with Crippen LogP contribution in [0.3, 0.4) is 0 Å². The number of carbonyl (C=O) groups is 2. The molecule has 0 spiro atoms. The van der Waals surface area contributed by atoms with Gasteiger partial charge in [0.2, 0.25) is 0 Å². The van der Waals surface area contributed by atoms with Crippen LogP contribution in [0, 0.1) is 0 Å². The highest BCUT2D eigenvalue weighted by Crippen LogP contribution is 2.26. The molecule has 156 valence electrons. The highest BCUT2D eigenvalue weighted by Gasteiger charge is 2.20. The van der Waals surface area contributed by atoms with Crippen LogP contribution in [0.25, 0.3) is 0 Å². The van der Waals surface area contributed by atoms with Gasteiger partial charge in [-0.2, -0.15) is 0 Å². The van der Waals surface area contributed by atoms with Crippen molar-refractivity contribution >= 4 is 17.6 Å². The number of anilines is 1. The Labute approximate surface area is 172 Å². The fraction of sp³-hybridized carbons (Fsp3) is 0.391. The van der Waals surface area contributed by atoms with E-state index in [1.165, 1.54) is 6.92 Å². The highest BCUT2D eigenvalue weighted by atomic mass is 16.6. The molecule has 0 aliphatic rings. The molecule has 0 aliphatic heterocycles. The predicted octanol–water partition coefficient (Wildman–Crippen LogP) is 4.55. The molecule has 0 bridgehead atoms. The normalized spacial score (nSPS) is 12.6. The van der Waals surface area contributed by atoms with Gasteiger partial charge in [0.1, 0.15) is 11.5 Å². The fourth-order valence-electron chi connectivity index (χ4n) is 2.72. The number of rotatable bonds is 10. The quantitative estimate of drug-likeness (QED) is 0.594. The van der Waals surface area contributed by atoms with E-state index < -0.39 is 12.1 Å². The van der Waals surface area contributed by atoms with Crippen molar-refractivity contribution in [2.45, 2.75) is 46.1 Å². The summed E-state index contributed by atoms with van der Waals surface area (Å²) in [7, 11) is 0. The molecule has 1 N–H and O–H groups in total. The number of para-hydroxylation sites is 1. The maximum Gasteiger partial charge on any atom is 0.344 e. The van der Waals surface area contributed by atoms with Crippen molar-refractivity contribution in [2.75, 3.05) is 18.5 Å². The number of ether oxygens (including phenoxy) is 3. The summed E-state index contributed by atoms with van der Waals surface area (Å²) in [5.41, 5.74) is 1.79. The first-order valence-electron chi connectivity index (χ1n) is 9.89. The summed E-state index contributed by atoms with van der Waals surface area (Å²) in [5, 5.41) is 2.85. The van der Waals surface area contributed by atoms with Gasteiger partial charge in [-0.15, -0.1) is 0 Å². The van der Waals surface area contributed by atoms with Crippen LogP contribution in [0.2, 0.25) is 0 Å². The van der Waals surface area contributed by atoms with Gasteiger partial charge in [0.15, 0.2) is 12.7 Å². The second kappa shape index (κ2) is 11.1. The Morgan fingerprint density at radius 1 is 0.931 bits per heavy atom. The van der Waals surface area contributed by atoms with Crippen molar-refractivity contribution in [3.8, 4) is 11.5 Å². The lowest BCUT2D eigenvalue weighted by Gasteiger charge is -2.18. The minimum Gasteiger partial charge on any atom is -0.494 e. The average Bonchev–Trinajstić information content (AvgIpc) is 2.73. The first kappa shape index (κ1) is 22.3. The van der Waals surface area contributed by atoms with E-state index in [-0.39, 0.29) is 12.5 Å². The van der Waals surface area contributed by atoms with E-state index in [1.54, 1.807) is 24.3 Å². The van der Waals surface area contributed by atoms with Crippen molar-refractivity contribution in [1.82, 2.24) is 0 Å². The molecule has 2 rings (SSSR count). The molecular formula is C23H29NO5. The third kappa shape index (κ3) is 6.82. The van der Waals surface area contributed by atoms with Crippen molar-refractivity contribution in [2.24, 2.45) is 0 Å². The summed E-state index contributed by atoms with van der Waals surface area (Å²) in [6.07, 6.45) is 0.0248. The summed E-state index contributed by atoms with van der Waals surface area (Å²) < 4.78 is 16.0.